The number of ether oxygens (including phenoxy) is 1. The number of fused-ring (bicyclic) bond motifs is 1. The summed E-state index contributed by atoms with van der Waals surface area (Å²) in [6.45, 7) is 4.00. The molecule has 0 N–H and O–H groups in total. The van der Waals surface area contributed by atoms with E-state index >= 15 is 0 Å². The Hall–Kier alpha value is -1.88. The smallest absolute Gasteiger partial charge is 0.155 e. The van der Waals surface area contributed by atoms with Gasteiger partial charge in [0.2, 0.25) is 0 Å². The zero-order valence-electron chi connectivity index (χ0n) is 11.5. The van der Waals surface area contributed by atoms with Crippen LogP contribution in [0.2, 0.25) is 0 Å². The summed E-state index contributed by atoms with van der Waals surface area (Å²) >= 11 is 3.51. The molecule has 0 radical (unpaired) electrons. The normalized spacial score (nSPS) is 11.0. The summed E-state index contributed by atoms with van der Waals surface area (Å²) in [7, 11) is 1.67. The average molecular weight is 332 g/mol. The highest BCUT2D eigenvalue weighted by Gasteiger charge is 2.11. The maximum atomic E-state index is 5.43. The summed E-state index contributed by atoms with van der Waals surface area (Å²) < 4.78 is 8.10. The number of benzene rings is 1. The molecule has 0 aliphatic heterocycles. The molecular formula is C15H14BrN3O. The summed E-state index contributed by atoms with van der Waals surface area (Å²) in [5.74, 6) is 0.815. The van der Waals surface area contributed by atoms with Crippen LogP contribution in [-0.2, 0) is 0 Å². The molecule has 3 rings (SSSR count). The van der Waals surface area contributed by atoms with Crippen molar-refractivity contribution in [3.63, 3.8) is 0 Å². The fourth-order valence-corrected chi connectivity index (χ4v) is 2.53. The van der Waals surface area contributed by atoms with Gasteiger partial charge >= 0.3 is 0 Å². The van der Waals surface area contributed by atoms with Crippen molar-refractivity contribution in [3.8, 4) is 17.0 Å². The summed E-state index contributed by atoms with van der Waals surface area (Å²) in [6.07, 6.45) is 0. The van der Waals surface area contributed by atoms with E-state index in [-0.39, 0.29) is 0 Å². The molecule has 2 aromatic heterocycles. The zero-order valence-corrected chi connectivity index (χ0v) is 13.1. The summed E-state index contributed by atoms with van der Waals surface area (Å²) in [5, 5.41) is 4.64. The molecule has 0 saturated carbocycles. The molecule has 0 aliphatic rings. The van der Waals surface area contributed by atoms with Gasteiger partial charge in [-0.25, -0.2) is 9.50 Å². The molecule has 4 nitrogen and oxygen atoms in total. The van der Waals surface area contributed by atoms with Gasteiger partial charge in [0.15, 0.2) is 5.65 Å². The lowest BCUT2D eigenvalue weighted by Crippen LogP contribution is -1.97. The van der Waals surface area contributed by atoms with E-state index in [1.165, 1.54) is 5.56 Å². The van der Waals surface area contributed by atoms with Crippen LogP contribution in [0, 0.1) is 13.8 Å². The Morgan fingerprint density at radius 2 is 1.95 bits per heavy atom. The Kier molecular flexibility index (Phi) is 3.22. The van der Waals surface area contributed by atoms with Gasteiger partial charge in [-0.1, -0.05) is 11.6 Å². The van der Waals surface area contributed by atoms with Crippen molar-refractivity contribution in [1.82, 2.24) is 14.6 Å². The predicted molar refractivity (Wildman–Crippen MR) is 82.1 cm³/mol. The van der Waals surface area contributed by atoms with E-state index < -0.39 is 0 Å². The molecule has 0 atom stereocenters. The molecule has 1 aromatic carbocycles. The monoisotopic (exact) mass is 331 g/mol. The maximum Gasteiger partial charge on any atom is 0.155 e. The van der Waals surface area contributed by atoms with Crippen LogP contribution in [0.15, 0.2) is 34.9 Å². The van der Waals surface area contributed by atoms with E-state index in [0.29, 0.717) is 0 Å². The lowest BCUT2D eigenvalue weighted by atomic mass is 10.1. The molecule has 0 aliphatic carbocycles. The van der Waals surface area contributed by atoms with Gasteiger partial charge < -0.3 is 4.74 Å². The fraction of sp³-hybridized carbons (Fsp3) is 0.200. The predicted octanol–water partition coefficient (Wildman–Crippen LogP) is 3.78. The van der Waals surface area contributed by atoms with Gasteiger partial charge in [0.05, 0.1) is 18.5 Å². The Morgan fingerprint density at radius 3 is 2.70 bits per heavy atom. The van der Waals surface area contributed by atoms with E-state index in [1.54, 1.807) is 11.6 Å². The number of rotatable bonds is 2. The number of aryl methyl sites for hydroxylation is 2. The number of imidazole rings is 1. The van der Waals surface area contributed by atoms with Crippen LogP contribution in [0.1, 0.15) is 11.3 Å². The third kappa shape index (κ3) is 2.08. The van der Waals surface area contributed by atoms with Crippen LogP contribution in [0.4, 0.5) is 0 Å². The molecular weight excluding hydrogens is 318 g/mol. The van der Waals surface area contributed by atoms with Gasteiger partial charge in [0.1, 0.15) is 10.4 Å². The van der Waals surface area contributed by atoms with Crippen LogP contribution < -0.4 is 4.74 Å². The van der Waals surface area contributed by atoms with E-state index in [4.69, 9.17) is 4.74 Å². The largest absolute Gasteiger partial charge is 0.496 e. The van der Waals surface area contributed by atoms with Gasteiger partial charge in [-0.2, -0.15) is 5.10 Å². The first-order valence-corrected chi connectivity index (χ1v) is 7.06. The standard InChI is InChI=1S/C15H14BrN3O/c1-9-4-6-13(20-3)11(8-9)12-5-7-14-17-10(2)15(16)19(14)18-12/h4-8H,1-3H3. The molecule has 0 spiro atoms. The van der Waals surface area contributed by atoms with Crippen LogP contribution in [-0.4, -0.2) is 21.7 Å². The molecule has 0 amide bonds. The molecule has 0 fully saturated rings. The van der Waals surface area contributed by atoms with Crippen LogP contribution in [0.25, 0.3) is 16.9 Å². The van der Waals surface area contributed by atoms with Crippen molar-refractivity contribution in [2.75, 3.05) is 7.11 Å². The molecule has 2 heterocycles. The second-order valence-electron chi connectivity index (χ2n) is 4.68. The van der Waals surface area contributed by atoms with E-state index in [0.717, 1.165) is 33.0 Å². The Bertz CT molecular complexity index is 795. The van der Waals surface area contributed by atoms with E-state index in [2.05, 4.69) is 39.0 Å². The number of methoxy groups -OCH3 is 1. The van der Waals surface area contributed by atoms with Crippen molar-refractivity contribution >= 4 is 21.6 Å². The van der Waals surface area contributed by atoms with Gasteiger partial charge in [0, 0.05) is 5.56 Å². The van der Waals surface area contributed by atoms with Crippen LogP contribution in [0.3, 0.4) is 0 Å². The Balaban J connectivity index is 2.24. The maximum absolute atomic E-state index is 5.43. The molecule has 0 bridgehead atoms. The van der Waals surface area contributed by atoms with Crippen molar-refractivity contribution in [2.24, 2.45) is 0 Å². The van der Waals surface area contributed by atoms with Gasteiger partial charge in [0.25, 0.3) is 0 Å². The number of halogens is 1. The fourth-order valence-electron chi connectivity index (χ4n) is 2.18. The van der Waals surface area contributed by atoms with Crippen LogP contribution in [0.5, 0.6) is 5.75 Å². The summed E-state index contributed by atoms with van der Waals surface area (Å²) in [5.41, 5.74) is 4.75. The lowest BCUT2D eigenvalue weighted by Gasteiger charge is -2.09. The van der Waals surface area contributed by atoms with Crippen molar-refractivity contribution in [1.29, 1.82) is 0 Å². The minimum Gasteiger partial charge on any atom is -0.496 e. The highest BCUT2D eigenvalue weighted by atomic mass is 79.9. The third-order valence-corrected chi connectivity index (χ3v) is 4.12. The summed E-state index contributed by atoms with van der Waals surface area (Å²) in [4.78, 5) is 4.43. The quantitative estimate of drug-likeness (QED) is 0.717. The zero-order chi connectivity index (χ0) is 14.3. The lowest BCUT2D eigenvalue weighted by molar-refractivity contribution is 0.416. The molecule has 102 valence electrons. The number of aromatic nitrogens is 3. The molecule has 5 heteroatoms. The first-order chi connectivity index (χ1) is 9.60. The first kappa shape index (κ1) is 13.1. The van der Waals surface area contributed by atoms with Gasteiger partial charge in [-0.3, -0.25) is 0 Å². The average Bonchev–Trinajstić information content (AvgIpc) is 2.74. The van der Waals surface area contributed by atoms with Gasteiger partial charge in [-0.05, 0) is 54.0 Å². The number of hydrogen-bond donors (Lipinski definition) is 0. The topological polar surface area (TPSA) is 39.4 Å². The number of nitrogens with zero attached hydrogens (tertiary/aromatic N) is 3. The van der Waals surface area contributed by atoms with Crippen molar-refractivity contribution in [2.45, 2.75) is 13.8 Å². The summed E-state index contributed by atoms with van der Waals surface area (Å²) in [6, 6.07) is 9.99. The minimum atomic E-state index is 0.815. The highest BCUT2D eigenvalue weighted by molar-refractivity contribution is 9.10. The Morgan fingerprint density at radius 1 is 1.15 bits per heavy atom. The highest BCUT2D eigenvalue weighted by Crippen LogP contribution is 2.30. The number of hydrogen-bond acceptors (Lipinski definition) is 3. The Labute approximate surface area is 125 Å². The minimum absolute atomic E-state index is 0.815. The third-order valence-electron chi connectivity index (χ3n) is 3.21. The van der Waals surface area contributed by atoms with Crippen molar-refractivity contribution < 1.29 is 4.74 Å². The molecule has 20 heavy (non-hydrogen) atoms. The van der Waals surface area contributed by atoms with E-state index in [1.807, 2.05) is 31.2 Å². The van der Waals surface area contributed by atoms with E-state index in [9.17, 15) is 0 Å². The second kappa shape index (κ2) is 4.90. The second-order valence-corrected chi connectivity index (χ2v) is 5.43. The first-order valence-electron chi connectivity index (χ1n) is 6.27. The molecule has 3 aromatic rings. The molecule has 0 unspecified atom stereocenters. The van der Waals surface area contributed by atoms with Gasteiger partial charge in [-0.15, -0.1) is 0 Å². The van der Waals surface area contributed by atoms with Crippen molar-refractivity contribution in [3.05, 3.63) is 46.2 Å². The van der Waals surface area contributed by atoms with Crippen LogP contribution >= 0.6 is 15.9 Å². The molecule has 0 saturated heterocycles. The SMILES string of the molecule is COc1ccc(C)cc1-c1ccc2nc(C)c(Br)n2n1.